The molecule has 2 aromatic rings. The third kappa shape index (κ3) is 5.28. The molecule has 2 rings (SSSR count). The molecule has 0 saturated heterocycles. The first-order valence-electron chi connectivity index (χ1n) is 7.83. The monoisotopic (exact) mass is 363 g/mol. The van der Waals surface area contributed by atoms with Crippen molar-refractivity contribution >= 4 is 17.7 Å². The van der Waals surface area contributed by atoms with Crippen molar-refractivity contribution in [3.63, 3.8) is 0 Å². The number of thioether (sulfide) groups is 1. The van der Waals surface area contributed by atoms with Crippen LogP contribution in [-0.2, 0) is 11.3 Å². The molecule has 0 aliphatic rings. The highest BCUT2D eigenvalue weighted by molar-refractivity contribution is 8.00. The number of carbonyl (C=O) groups is 1. The Morgan fingerprint density at radius 3 is 2.56 bits per heavy atom. The van der Waals surface area contributed by atoms with Crippen LogP contribution in [0.4, 0.5) is 0 Å². The predicted molar refractivity (Wildman–Crippen MR) is 95.9 cm³/mol. The van der Waals surface area contributed by atoms with E-state index in [1.54, 1.807) is 20.8 Å². The summed E-state index contributed by atoms with van der Waals surface area (Å²) in [7, 11) is 0. The number of amides is 1. The van der Waals surface area contributed by atoms with Crippen LogP contribution in [0, 0.1) is 20.8 Å². The second-order valence-electron chi connectivity index (χ2n) is 5.72. The van der Waals surface area contributed by atoms with Gasteiger partial charge in [0.25, 0.3) is 5.56 Å². The van der Waals surface area contributed by atoms with Crippen LogP contribution in [0.25, 0.3) is 0 Å². The molecule has 0 fully saturated rings. The number of hydrogen-bond acceptors (Lipinski definition) is 6. The molecule has 1 atom stereocenters. The highest BCUT2D eigenvalue weighted by Crippen LogP contribution is 2.18. The van der Waals surface area contributed by atoms with Gasteiger partial charge in [0.05, 0.1) is 5.25 Å². The average molecular weight is 363 g/mol. The van der Waals surface area contributed by atoms with Crippen molar-refractivity contribution in [1.29, 1.82) is 0 Å². The molecule has 0 saturated carbocycles. The summed E-state index contributed by atoms with van der Waals surface area (Å²) in [4.78, 5) is 46.2. The van der Waals surface area contributed by atoms with Crippen molar-refractivity contribution in [1.82, 2.24) is 24.8 Å². The maximum Gasteiger partial charge on any atom is 0.348 e. The lowest BCUT2D eigenvalue weighted by atomic mass is 10.3. The molecule has 9 heteroatoms. The van der Waals surface area contributed by atoms with Gasteiger partial charge >= 0.3 is 5.69 Å². The Morgan fingerprint density at radius 2 is 1.92 bits per heavy atom. The molecule has 134 valence electrons. The van der Waals surface area contributed by atoms with Crippen LogP contribution in [0.3, 0.4) is 0 Å². The van der Waals surface area contributed by atoms with Crippen molar-refractivity contribution < 1.29 is 4.79 Å². The van der Waals surface area contributed by atoms with Crippen LogP contribution in [-0.4, -0.2) is 37.2 Å². The van der Waals surface area contributed by atoms with Crippen LogP contribution in [0.15, 0.2) is 26.9 Å². The molecule has 2 N–H and O–H groups in total. The topological polar surface area (TPSA) is 110 Å². The summed E-state index contributed by atoms with van der Waals surface area (Å²) < 4.78 is 1.52. The number of H-pyrrole nitrogens is 1. The third-order valence-corrected chi connectivity index (χ3v) is 4.47. The van der Waals surface area contributed by atoms with Gasteiger partial charge in [0, 0.05) is 36.2 Å². The lowest BCUT2D eigenvalue weighted by Crippen LogP contribution is -2.36. The lowest BCUT2D eigenvalue weighted by Gasteiger charge is -2.13. The van der Waals surface area contributed by atoms with Crippen molar-refractivity contribution in [3.05, 3.63) is 50.1 Å². The molecule has 1 unspecified atom stereocenters. The van der Waals surface area contributed by atoms with Crippen molar-refractivity contribution in [3.8, 4) is 0 Å². The van der Waals surface area contributed by atoms with E-state index in [9.17, 15) is 14.4 Å². The molecule has 2 heterocycles. The third-order valence-electron chi connectivity index (χ3n) is 3.49. The number of aromatic amines is 1. The minimum atomic E-state index is -0.432. The van der Waals surface area contributed by atoms with Crippen molar-refractivity contribution in [2.24, 2.45) is 0 Å². The van der Waals surface area contributed by atoms with Gasteiger partial charge in [0.15, 0.2) is 5.16 Å². The molecular weight excluding hydrogens is 342 g/mol. The fourth-order valence-corrected chi connectivity index (χ4v) is 3.19. The Kier molecular flexibility index (Phi) is 6.13. The van der Waals surface area contributed by atoms with Crippen LogP contribution in [0.1, 0.15) is 24.0 Å². The van der Waals surface area contributed by atoms with Gasteiger partial charge in [-0.1, -0.05) is 11.8 Å². The summed E-state index contributed by atoms with van der Waals surface area (Å²) in [5.74, 6) is -0.195. The minimum absolute atomic E-state index is 0.195. The maximum absolute atomic E-state index is 12.2. The first-order chi connectivity index (χ1) is 11.8. The van der Waals surface area contributed by atoms with Crippen LogP contribution in [0.5, 0.6) is 0 Å². The molecule has 0 radical (unpaired) electrons. The molecular formula is C16H21N5O3S. The molecule has 8 nitrogen and oxygen atoms in total. The normalized spacial score (nSPS) is 12.0. The summed E-state index contributed by atoms with van der Waals surface area (Å²) in [5, 5.41) is 2.76. The number of nitrogens with zero attached hydrogens (tertiary/aromatic N) is 3. The lowest BCUT2D eigenvalue weighted by molar-refractivity contribution is -0.120. The Balaban J connectivity index is 1.92. The number of nitrogens with one attached hydrogen (secondary N) is 2. The summed E-state index contributed by atoms with van der Waals surface area (Å²) in [6.07, 6.45) is 0. The van der Waals surface area contributed by atoms with E-state index in [1.165, 1.54) is 22.4 Å². The molecule has 0 bridgehead atoms. The van der Waals surface area contributed by atoms with Gasteiger partial charge in [-0.05, 0) is 33.8 Å². The zero-order valence-corrected chi connectivity index (χ0v) is 15.4. The minimum Gasteiger partial charge on any atom is -0.353 e. The number of aryl methyl sites for hydroxylation is 3. The first kappa shape index (κ1) is 18.9. The summed E-state index contributed by atoms with van der Waals surface area (Å²) >= 11 is 1.17. The average Bonchev–Trinajstić information content (AvgIpc) is 2.48. The van der Waals surface area contributed by atoms with E-state index >= 15 is 0 Å². The van der Waals surface area contributed by atoms with Crippen LogP contribution in [0.2, 0.25) is 0 Å². The number of rotatable bonds is 6. The number of carbonyl (C=O) groups excluding carboxylic acids is 1. The smallest absolute Gasteiger partial charge is 0.348 e. The quantitative estimate of drug-likeness (QED) is 0.573. The largest absolute Gasteiger partial charge is 0.353 e. The van der Waals surface area contributed by atoms with E-state index in [0.29, 0.717) is 29.6 Å². The highest BCUT2D eigenvalue weighted by Gasteiger charge is 2.15. The maximum atomic E-state index is 12.2. The first-order valence-corrected chi connectivity index (χ1v) is 8.71. The van der Waals surface area contributed by atoms with Crippen molar-refractivity contribution in [2.45, 2.75) is 44.6 Å². The fraction of sp³-hybridized carbons (Fsp3) is 0.438. The molecule has 25 heavy (non-hydrogen) atoms. The summed E-state index contributed by atoms with van der Waals surface area (Å²) in [5.41, 5.74) is 1.50. The molecule has 0 aromatic carbocycles. The highest BCUT2D eigenvalue weighted by atomic mass is 32.2. The zero-order chi connectivity index (χ0) is 18.6. The molecule has 1 amide bonds. The van der Waals surface area contributed by atoms with E-state index < -0.39 is 5.25 Å². The van der Waals surface area contributed by atoms with Gasteiger partial charge in [-0.25, -0.2) is 9.78 Å². The van der Waals surface area contributed by atoms with E-state index in [1.807, 2.05) is 13.0 Å². The van der Waals surface area contributed by atoms with Gasteiger partial charge in [-0.2, -0.15) is 4.98 Å². The second-order valence-corrected chi connectivity index (χ2v) is 7.05. The van der Waals surface area contributed by atoms with E-state index in [2.05, 4.69) is 20.3 Å². The SMILES string of the molecule is Cc1cc(=O)[nH]c(SC(C)C(=O)NCCn2c(C)cc(C)nc2=O)n1. The van der Waals surface area contributed by atoms with Crippen molar-refractivity contribution in [2.75, 3.05) is 6.54 Å². The van der Waals surface area contributed by atoms with E-state index in [0.717, 1.165) is 5.69 Å². The standard InChI is InChI=1S/C16H21N5O3S/c1-9-7-11(3)21(16(24)19-9)6-5-17-14(23)12(4)25-15-18-10(2)8-13(22)20-15/h7-8,12H,5-6H2,1-4H3,(H,17,23)(H,18,20,22). The van der Waals surface area contributed by atoms with E-state index in [4.69, 9.17) is 0 Å². The number of aromatic nitrogens is 4. The van der Waals surface area contributed by atoms with Gasteiger partial charge in [-0.15, -0.1) is 0 Å². The Hall–Kier alpha value is -2.42. The fourth-order valence-electron chi connectivity index (χ4n) is 2.31. The Labute approximate surface area is 149 Å². The van der Waals surface area contributed by atoms with Crippen LogP contribution < -0.4 is 16.6 Å². The van der Waals surface area contributed by atoms with E-state index in [-0.39, 0.29) is 17.2 Å². The second kappa shape index (κ2) is 8.11. The zero-order valence-electron chi connectivity index (χ0n) is 14.6. The predicted octanol–water partition coefficient (Wildman–Crippen LogP) is 0.549. The van der Waals surface area contributed by atoms with Gasteiger partial charge in [-0.3, -0.25) is 14.2 Å². The Bertz CT molecular complexity index is 890. The van der Waals surface area contributed by atoms with Gasteiger partial charge in [0.2, 0.25) is 5.91 Å². The summed E-state index contributed by atoms with van der Waals surface area (Å²) in [6, 6.07) is 3.21. The van der Waals surface area contributed by atoms with Gasteiger partial charge < -0.3 is 10.3 Å². The molecule has 0 spiro atoms. The number of hydrogen-bond donors (Lipinski definition) is 2. The molecule has 0 aliphatic carbocycles. The Morgan fingerprint density at radius 1 is 1.24 bits per heavy atom. The summed E-state index contributed by atoms with van der Waals surface area (Å²) in [6.45, 7) is 7.71. The molecule has 2 aromatic heterocycles. The van der Waals surface area contributed by atoms with Crippen LogP contribution >= 0.6 is 11.8 Å². The molecule has 0 aliphatic heterocycles. The van der Waals surface area contributed by atoms with Gasteiger partial charge in [0.1, 0.15) is 0 Å².